The van der Waals surface area contributed by atoms with Crippen LogP contribution in [0.5, 0.6) is 0 Å². The molecule has 90 valence electrons. The van der Waals surface area contributed by atoms with Crippen molar-refractivity contribution in [3.05, 3.63) is 35.4 Å². The molecule has 0 aliphatic heterocycles. The van der Waals surface area contributed by atoms with Gasteiger partial charge in [-0.2, -0.15) is 0 Å². The van der Waals surface area contributed by atoms with E-state index >= 15 is 0 Å². The number of hydrogen-bond acceptors (Lipinski definition) is 2. The second-order valence-electron chi connectivity index (χ2n) is 3.57. The SMILES string of the molecule is Cc1ccccc1CCNC(=O)CCN.Cl. The van der Waals surface area contributed by atoms with Crippen molar-refractivity contribution in [1.82, 2.24) is 5.32 Å². The van der Waals surface area contributed by atoms with Gasteiger partial charge in [0.2, 0.25) is 5.91 Å². The number of amides is 1. The van der Waals surface area contributed by atoms with E-state index < -0.39 is 0 Å². The Kier molecular flexibility index (Phi) is 7.60. The summed E-state index contributed by atoms with van der Waals surface area (Å²) in [5, 5.41) is 2.84. The van der Waals surface area contributed by atoms with Gasteiger partial charge in [0.25, 0.3) is 0 Å². The molecular formula is C12H19ClN2O. The Bertz CT molecular complexity index is 329. The fourth-order valence-electron chi connectivity index (χ4n) is 1.45. The predicted molar refractivity (Wildman–Crippen MR) is 68.8 cm³/mol. The summed E-state index contributed by atoms with van der Waals surface area (Å²) >= 11 is 0. The molecule has 0 fully saturated rings. The molecular weight excluding hydrogens is 224 g/mol. The molecule has 0 bridgehead atoms. The van der Waals surface area contributed by atoms with E-state index in [2.05, 4.69) is 24.4 Å². The normalized spacial score (nSPS) is 9.38. The van der Waals surface area contributed by atoms with Crippen molar-refractivity contribution in [1.29, 1.82) is 0 Å². The number of hydrogen-bond donors (Lipinski definition) is 2. The van der Waals surface area contributed by atoms with Crippen LogP contribution in [0.15, 0.2) is 24.3 Å². The zero-order chi connectivity index (χ0) is 11.1. The van der Waals surface area contributed by atoms with Gasteiger partial charge < -0.3 is 11.1 Å². The number of aryl methyl sites for hydroxylation is 1. The second-order valence-corrected chi connectivity index (χ2v) is 3.57. The van der Waals surface area contributed by atoms with Gasteiger partial charge in [-0.25, -0.2) is 0 Å². The number of nitrogens with two attached hydrogens (primary N) is 1. The molecule has 0 radical (unpaired) electrons. The Morgan fingerprint density at radius 2 is 2.06 bits per heavy atom. The molecule has 0 saturated carbocycles. The quantitative estimate of drug-likeness (QED) is 0.821. The van der Waals surface area contributed by atoms with Gasteiger partial charge in [0.15, 0.2) is 0 Å². The summed E-state index contributed by atoms with van der Waals surface area (Å²) < 4.78 is 0. The zero-order valence-corrected chi connectivity index (χ0v) is 10.3. The van der Waals surface area contributed by atoms with Gasteiger partial charge in [0.05, 0.1) is 0 Å². The average Bonchev–Trinajstić information content (AvgIpc) is 2.21. The van der Waals surface area contributed by atoms with Crippen molar-refractivity contribution < 1.29 is 4.79 Å². The highest BCUT2D eigenvalue weighted by Gasteiger charge is 2.00. The maximum Gasteiger partial charge on any atom is 0.221 e. The van der Waals surface area contributed by atoms with Crippen LogP contribution in [0.2, 0.25) is 0 Å². The molecule has 0 atom stereocenters. The second kappa shape index (κ2) is 8.13. The molecule has 3 N–H and O–H groups in total. The van der Waals surface area contributed by atoms with Gasteiger partial charge in [-0.3, -0.25) is 4.79 Å². The van der Waals surface area contributed by atoms with Crippen molar-refractivity contribution in [2.75, 3.05) is 13.1 Å². The molecule has 0 spiro atoms. The highest BCUT2D eigenvalue weighted by Crippen LogP contribution is 2.06. The van der Waals surface area contributed by atoms with Crippen LogP contribution in [0.3, 0.4) is 0 Å². The minimum absolute atomic E-state index is 0. The molecule has 1 aromatic carbocycles. The first-order valence-electron chi connectivity index (χ1n) is 5.25. The van der Waals surface area contributed by atoms with Crippen LogP contribution >= 0.6 is 12.4 Å². The van der Waals surface area contributed by atoms with Crippen LogP contribution in [0.4, 0.5) is 0 Å². The van der Waals surface area contributed by atoms with E-state index in [0.29, 0.717) is 19.5 Å². The minimum Gasteiger partial charge on any atom is -0.356 e. The molecule has 1 amide bonds. The number of carbonyl (C=O) groups is 1. The van der Waals surface area contributed by atoms with Gasteiger partial charge in [0, 0.05) is 19.5 Å². The molecule has 16 heavy (non-hydrogen) atoms. The number of nitrogens with one attached hydrogen (secondary N) is 1. The Hall–Kier alpha value is -1.06. The number of halogens is 1. The molecule has 3 nitrogen and oxygen atoms in total. The maximum atomic E-state index is 11.1. The van der Waals surface area contributed by atoms with E-state index in [1.165, 1.54) is 11.1 Å². The largest absolute Gasteiger partial charge is 0.356 e. The summed E-state index contributed by atoms with van der Waals surface area (Å²) in [6, 6.07) is 8.21. The average molecular weight is 243 g/mol. The summed E-state index contributed by atoms with van der Waals surface area (Å²) in [4.78, 5) is 11.1. The van der Waals surface area contributed by atoms with Crippen molar-refractivity contribution in [2.24, 2.45) is 5.73 Å². The predicted octanol–water partition coefficient (Wildman–Crippen LogP) is 1.42. The Labute approximate surface area is 103 Å². The first-order chi connectivity index (χ1) is 7.24. The van der Waals surface area contributed by atoms with Crippen molar-refractivity contribution in [3.8, 4) is 0 Å². The summed E-state index contributed by atoms with van der Waals surface area (Å²) in [7, 11) is 0. The van der Waals surface area contributed by atoms with Crippen molar-refractivity contribution in [3.63, 3.8) is 0 Å². The van der Waals surface area contributed by atoms with Gasteiger partial charge in [-0.1, -0.05) is 24.3 Å². The van der Waals surface area contributed by atoms with Crippen LogP contribution in [0, 0.1) is 6.92 Å². The number of rotatable bonds is 5. The molecule has 1 rings (SSSR count). The fraction of sp³-hybridized carbons (Fsp3) is 0.417. The van der Waals surface area contributed by atoms with E-state index in [1.54, 1.807) is 0 Å². The lowest BCUT2D eigenvalue weighted by atomic mass is 10.1. The standard InChI is InChI=1S/C12H18N2O.ClH/c1-10-4-2-3-5-11(10)7-9-14-12(15)6-8-13;/h2-5H,6-9,13H2,1H3,(H,14,15);1H. The molecule has 0 heterocycles. The lowest BCUT2D eigenvalue weighted by molar-refractivity contribution is -0.120. The van der Waals surface area contributed by atoms with Crippen LogP contribution < -0.4 is 11.1 Å². The Morgan fingerprint density at radius 3 is 2.69 bits per heavy atom. The van der Waals surface area contributed by atoms with Gasteiger partial charge >= 0.3 is 0 Å². The highest BCUT2D eigenvalue weighted by molar-refractivity contribution is 5.85. The molecule has 0 aromatic heterocycles. The third-order valence-electron chi connectivity index (χ3n) is 2.35. The number of carbonyl (C=O) groups excluding carboxylic acids is 1. The van der Waals surface area contributed by atoms with Crippen LogP contribution in [0.1, 0.15) is 17.5 Å². The van der Waals surface area contributed by atoms with E-state index in [0.717, 1.165) is 6.42 Å². The first-order valence-corrected chi connectivity index (χ1v) is 5.25. The molecule has 0 saturated heterocycles. The summed E-state index contributed by atoms with van der Waals surface area (Å²) in [6.45, 7) is 3.18. The first kappa shape index (κ1) is 14.9. The van der Waals surface area contributed by atoms with Crippen molar-refractivity contribution >= 4 is 18.3 Å². The topological polar surface area (TPSA) is 55.1 Å². The van der Waals surface area contributed by atoms with Gasteiger partial charge in [-0.15, -0.1) is 12.4 Å². The highest BCUT2D eigenvalue weighted by atomic mass is 35.5. The third-order valence-corrected chi connectivity index (χ3v) is 2.35. The summed E-state index contributed by atoms with van der Waals surface area (Å²) in [6.07, 6.45) is 1.29. The number of benzene rings is 1. The third kappa shape index (κ3) is 5.14. The Balaban J connectivity index is 0.00000225. The maximum absolute atomic E-state index is 11.1. The van der Waals surface area contributed by atoms with E-state index in [9.17, 15) is 4.79 Å². The van der Waals surface area contributed by atoms with Crippen molar-refractivity contribution in [2.45, 2.75) is 19.8 Å². The Morgan fingerprint density at radius 1 is 1.38 bits per heavy atom. The molecule has 0 aliphatic carbocycles. The lowest BCUT2D eigenvalue weighted by Crippen LogP contribution is -2.27. The van der Waals surface area contributed by atoms with Gasteiger partial charge in [0.1, 0.15) is 0 Å². The molecule has 0 unspecified atom stereocenters. The van der Waals surface area contributed by atoms with E-state index in [1.807, 2.05) is 12.1 Å². The van der Waals surface area contributed by atoms with E-state index in [-0.39, 0.29) is 18.3 Å². The fourth-order valence-corrected chi connectivity index (χ4v) is 1.45. The molecule has 0 aliphatic rings. The lowest BCUT2D eigenvalue weighted by Gasteiger charge is -2.06. The van der Waals surface area contributed by atoms with Crippen LogP contribution in [-0.2, 0) is 11.2 Å². The van der Waals surface area contributed by atoms with Crippen LogP contribution in [-0.4, -0.2) is 19.0 Å². The monoisotopic (exact) mass is 242 g/mol. The smallest absolute Gasteiger partial charge is 0.221 e. The zero-order valence-electron chi connectivity index (χ0n) is 9.53. The molecule has 4 heteroatoms. The molecule has 1 aromatic rings. The minimum atomic E-state index is 0. The van der Waals surface area contributed by atoms with E-state index in [4.69, 9.17) is 5.73 Å². The van der Waals surface area contributed by atoms with Gasteiger partial charge in [-0.05, 0) is 24.5 Å². The summed E-state index contributed by atoms with van der Waals surface area (Å²) in [5.74, 6) is 0.0334. The summed E-state index contributed by atoms with van der Waals surface area (Å²) in [5.41, 5.74) is 7.83. The van der Waals surface area contributed by atoms with Crippen LogP contribution in [0.25, 0.3) is 0 Å².